The number of rotatable bonds is 10. The maximum Gasteiger partial charge on any atom is 0.0320 e. The van der Waals surface area contributed by atoms with E-state index in [1.54, 1.807) is 0 Å². The van der Waals surface area contributed by atoms with Gasteiger partial charge in [0.1, 0.15) is 0 Å². The molecule has 1 atom stereocenters. The summed E-state index contributed by atoms with van der Waals surface area (Å²) < 4.78 is 0. The molecular formula is C18H31N. The summed E-state index contributed by atoms with van der Waals surface area (Å²) in [6.45, 7) is 7.87. The quantitative estimate of drug-likeness (QED) is 0.566. The summed E-state index contributed by atoms with van der Waals surface area (Å²) in [5.41, 5.74) is 2.93. The Morgan fingerprint density at radius 3 is 2.21 bits per heavy atom. The van der Waals surface area contributed by atoms with Crippen LogP contribution in [0.1, 0.15) is 76.5 Å². The molecule has 1 nitrogen and oxygen atoms in total. The molecule has 0 saturated carbocycles. The Morgan fingerprint density at radius 1 is 0.895 bits per heavy atom. The van der Waals surface area contributed by atoms with E-state index >= 15 is 0 Å². The van der Waals surface area contributed by atoms with Crippen LogP contribution < -0.4 is 5.32 Å². The van der Waals surface area contributed by atoms with Crippen LogP contribution in [-0.2, 0) is 6.42 Å². The molecule has 0 radical (unpaired) electrons. The fraction of sp³-hybridized carbons (Fsp3) is 0.667. The third-order valence-electron chi connectivity index (χ3n) is 3.66. The van der Waals surface area contributed by atoms with Crippen LogP contribution in [-0.4, -0.2) is 6.54 Å². The van der Waals surface area contributed by atoms with E-state index < -0.39 is 0 Å². The standard InChI is InChI=1S/C18H31N/c1-4-7-8-10-18(19-15-6-3)17-13-11-16(9-5-2)12-14-17/h11-14,18-19H,4-10,15H2,1-3H3. The topological polar surface area (TPSA) is 12.0 Å². The summed E-state index contributed by atoms with van der Waals surface area (Å²) in [7, 11) is 0. The van der Waals surface area contributed by atoms with Crippen LogP contribution in [0.25, 0.3) is 0 Å². The molecule has 1 aromatic carbocycles. The third-order valence-corrected chi connectivity index (χ3v) is 3.66. The second kappa shape index (κ2) is 10.0. The van der Waals surface area contributed by atoms with Crippen LogP contribution in [0.15, 0.2) is 24.3 Å². The molecule has 0 saturated heterocycles. The number of hydrogen-bond acceptors (Lipinski definition) is 1. The summed E-state index contributed by atoms with van der Waals surface area (Å²) in [4.78, 5) is 0. The van der Waals surface area contributed by atoms with Crippen LogP contribution in [0, 0.1) is 0 Å². The largest absolute Gasteiger partial charge is 0.310 e. The fourth-order valence-corrected chi connectivity index (χ4v) is 2.51. The minimum Gasteiger partial charge on any atom is -0.310 e. The molecule has 0 fully saturated rings. The average molecular weight is 261 g/mol. The van der Waals surface area contributed by atoms with Crippen molar-refractivity contribution in [3.8, 4) is 0 Å². The zero-order valence-electron chi connectivity index (χ0n) is 13.0. The normalized spacial score (nSPS) is 12.6. The first-order chi connectivity index (χ1) is 9.31. The van der Waals surface area contributed by atoms with Gasteiger partial charge in [-0.3, -0.25) is 0 Å². The minimum atomic E-state index is 0.544. The Hall–Kier alpha value is -0.820. The molecule has 1 rings (SSSR count). The number of benzene rings is 1. The van der Waals surface area contributed by atoms with Crippen molar-refractivity contribution >= 4 is 0 Å². The first kappa shape index (κ1) is 16.2. The van der Waals surface area contributed by atoms with E-state index in [1.165, 1.54) is 56.1 Å². The molecule has 0 amide bonds. The van der Waals surface area contributed by atoms with Crippen molar-refractivity contribution in [1.82, 2.24) is 5.32 Å². The molecule has 0 aromatic heterocycles. The lowest BCUT2D eigenvalue weighted by molar-refractivity contribution is 0.474. The van der Waals surface area contributed by atoms with Crippen molar-refractivity contribution in [1.29, 1.82) is 0 Å². The van der Waals surface area contributed by atoms with Crippen molar-refractivity contribution in [2.45, 2.75) is 71.8 Å². The van der Waals surface area contributed by atoms with Crippen LogP contribution in [0.3, 0.4) is 0 Å². The minimum absolute atomic E-state index is 0.544. The second-order valence-corrected chi connectivity index (χ2v) is 5.49. The molecule has 0 spiro atoms. The first-order valence-electron chi connectivity index (χ1n) is 8.14. The Labute approximate surface area is 119 Å². The average Bonchev–Trinajstić information content (AvgIpc) is 2.44. The predicted molar refractivity (Wildman–Crippen MR) is 85.6 cm³/mol. The predicted octanol–water partition coefficient (Wildman–Crippen LogP) is 5.26. The molecule has 1 unspecified atom stereocenters. The van der Waals surface area contributed by atoms with E-state index in [-0.39, 0.29) is 0 Å². The molecule has 0 bridgehead atoms. The van der Waals surface area contributed by atoms with Gasteiger partial charge in [0.15, 0.2) is 0 Å². The van der Waals surface area contributed by atoms with Crippen molar-refractivity contribution in [2.24, 2.45) is 0 Å². The SMILES string of the molecule is CCCCCC(NCCC)c1ccc(CCC)cc1. The lowest BCUT2D eigenvalue weighted by atomic mass is 9.98. The van der Waals surface area contributed by atoms with Crippen LogP contribution in [0.2, 0.25) is 0 Å². The van der Waals surface area contributed by atoms with E-state index in [1.807, 2.05) is 0 Å². The number of aryl methyl sites for hydroxylation is 1. The molecule has 1 N–H and O–H groups in total. The van der Waals surface area contributed by atoms with Crippen molar-refractivity contribution in [2.75, 3.05) is 6.54 Å². The maximum absolute atomic E-state index is 3.70. The van der Waals surface area contributed by atoms with Crippen molar-refractivity contribution < 1.29 is 0 Å². The third kappa shape index (κ3) is 6.24. The Balaban J connectivity index is 2.60. The molecule has 1 heteroatoms. The second-order valence-electron chi connectivity index (χ2n) is 5.49. The lowest BCUT2D eigenvalue weighted by Crippen LogP contribution is -2.22. The van der Waals surface area contributed by atoms with Gasteiger partial charge in [0.2, 0.25) is 0 Å². The van der Waals surface area contributed by atoms with Gasteiger partial charge in [-0.25, -0.2) is 0 Å². The summed E-state index contributed by atoms with van der Waals surface area (Å²) in [5, 5.41) is 3.70. The molecule has 19 heavy (non-hydrogen) atoms. The van der Waals surface area contributed by atoms with E-state index in [0.717, 1.165) is 6.54 Å². The molecule has 108 valence electrons. The molecule has 0 heterocycles. The Morgan fingerprint density at radius 2 is 1.63 bits per heavy atom. The number of hydrogen-bond donors (Lipinski definition) is 1. The van der Waals surface area contributed by atoms with Crippen molar-refractivity contribution in [3.05, 3.63) is 35.4 Å². The van der Waals surface area contributed by atoms with Crippen LogP contribution in [0.5, 0.6) is 0 Å². The molecule has 1 aromatic rings. The van der Waals surface area contributed by atoms with E-state index in [9.17, 15) is 0 Å². The van der Waals surface area contributed by atoms with E-state index in [0.29, 0.717) is 6.04 Å². The summed E-state index contributed by atoms with van der Waals surface area (Å²) in [6.07, 6.45) is 8.87. The monoisotopic (exact) mass is 261 g/mol. The summed E-state index contributed by atoms with van der Waals surface area (Å²) in [5.74, 6) is 0. The summed E-state index contributed by atoms with van der Waals surface area (Å²) in [6, 6.07) is 9.80. The maximum atomic E-state index is 3.70. The van der Waals surface area contributed by atoms with Gasteiger partial charge in [-0.1, -0.05) is 70.7 Å². The van der Waals surface area contributed by atoms with Crippen molar-refractivity contribution in [3.63, 3.8) is 0 Å². The zero-order chi connectivity index (χ0) is 13.9. The Kier molecular flexibility index (Phi) is 8.57. The Bertz CT molecular complexity index is 315. The lowest BCUT2D eigenvalue weighted by Gasteiger charge is -2.19. The number of nitrogens with one attached hydrogen (secondary N) is 1. The highest BCUT2D eigenvalue weighted by atomic mass is 14.9. The smallest absolute Gasteiger partial charge is 0.0320 e. The molecular weight excluding hydrogens is 230 g/mol. The van der Waals surface area contributed by atoms with E-state index in [2.05, 4.69) is 50.4 Å². The van der Waals surface area contributed by atoms with Gasteiger partial charge in [-0.2, -0.15) is 0 Å². The fourth-order valence-electron chi connectivity index (χ4n) is 2.51. The van der Waals surface area contributed by atoms with Gasteiger partial charge in [-0.05, 0) is 36.9 Å². The van der Waals surface area contributed by atoms with Crippen LogP contribution in [0.4, 0.5) is 0 Å². The molecule has 0 aliphatic carbocycles. The number of unbranched alkanes of at least 4 members (excludes halogenated alkanes) is 2. The highest BCUT2D eigenvalue weighted by molar-refractivity contribution is 5.25. The van der Waals surface area contributed by atoms with Gasteiger partial charge in [0.25, 0.3) is 0 Å². The molecule has 0 aliphatic heterocycles. The zero-order valence-corrected chi connectivity index (χ0v) is 13.0. The van der Waals surface area contributed by atoms with Crippen LogP contribution >= 0.6 is 0 Å². The first-order valence-corrected chi connectivity index (χ1v) is 8.14. The highest BCUT2D eigenvalue weighted by Crippen LogP contribution is 2.21. The van der Waals surface area contributed by atoms with Gasteiger partial charge in [0, 0.05) is 6.04 Å². The summed E-state index contributed by atoms with van der Waals surface area (Å²) >= 11 is 0. The van der Waals surface area contributed by atoms with E-state index in [4.69, 9.17) is 0 Å². The van der Waals surface area contributed by atoms with Gasteiger partial charge in [0.05, 0.1) is 0 Å². The van der Waals surface area contributed by atoms with Gasteiger partial charge in [-0.15, -0.1) is 0 Å². The van der Waals surface area contributed by atoms with Gasteiger partial charge < -0.3 is 5.32 Å². The molecule has 0 aliphatic rings. The van der Waals surface area contributed by atoms with Gasteiger partial charge >= 0.3 is 0 Å². The highest BCUT2D eigenvalue weighted by Gasteiger charge is 2.09.